The smallest absolute Gasteiger partial charge is 0.0300 e. The van der Waals surface area contributed by atoms with Gasteiger partial charge in [-0.2, -0.15) is 0 Å². The third kappa shape index (κ3) is 4.69. The van der Waals surface area contributed by atoms with Crippen molar-refractivity contribution in [1.82, 2.24) is 0 Å². The van der Waals surface area contributed by atoms with Crippen molar-refractivity contribution in [1.29, 1.82) is 0 Å². The summed E-state index contributed by atoms with van der Waals surface area (Å²) in [5.41, 5.74) is 0.731. The normalized spacial score (nSPS) is 19.6. The number of hydrogen-bond acceptors (Lipinski definition) is 0. The lowest BCUT2D eigenvalue weighted by Gasteiger charge is -2.43. The summed E-state index contributed by atoms with van der Waals surface area (Å²) in [6.45, 7) is 15.1. The predicted octanol–water partition coefficient (Wildman–Crippen LogP) is 5.28. The van der Waals surface area contributed by atoms with Crippen LogP contribution in [0.4, 0.5) is 0 Å². The molecule has 1 saturated carbocycles. The van der Waals surface area contributed by atoms with Gasteiger partial charge in [0.05, 0.1) is 0 Å². The van der Waals surface area contributed by atoms with Crippen molar-refractivity contribution in [3.05, 3.63) is 0 Å². The van der Waals surface area contributed by atoms with Crippen LogP contribution in [0.15, 0.2) is 0 Å². The minimum atomic E-state index is 0.731. The zero-order valence-electron chi connectivity index (χ0n) is 10.9. The Balaban J connectivity index is 0. The van der Waals surface area contributed by atoms with Gasteiger partial charge in [-0.15, -0.1) is 0 Å². The molecular weight excluding hydrogens is 156 g/mol. The van der Waals surface area contributed by atoms with Crippen LogP contribution in [0.5, 0.6) is 0 Å². The molecule has 0 heterocycles. The summed E-state index contributed by atoms with van der Waals surface area (Å²) in [6.07, 6.45) is 5.78. The maximum absolute atomic E-state index is 2.44. The average molecular weight is 186 g/mol. The molecule has 1 aliphatic rings. The zero-order chi connectivity index (χ0) is 10.9. The molecule has 1 fully saturated rings. The summed E-state index contributed by atoms with van der Waals surface area (Å²) in [4.78, 5) is 0. The first-order valence-electron chi connectivity index (χ1n) is 6.19. The molecule has 0 aromatic heterocycles. The van der Waals surface area contributed by atoms with Crippen LogP contribution >= 0.6 is 0 Å². The molecule has 0 bridgehead atoms. The van der Waals surface area contributed by atoms with Crippen LogP contribution in [0.1, 0.15) is 74.1 Å². The Kier molecular flexibility index (Phi) is 10.2. The fourth-order valence-corrected chi connectivity index (χ4v) is 1.72. The second kappa shape index (κ2) is 8.59. The Morgan fingerprint density at radius 3 is 1.54 bits per heavy atom. The van der Waals surface area contributed by atoms with E-state index in [1.807, 2.05) is 27.7 Å². The third-order valence-electron chi connectivity index (χ3n) is 3.30. The van der Waals surface area contributed by atoms with Crippen molar-refractivity contribution in [2.45, 2.75) is 74.1 Å². The molecular formula is C13H30. The van der Waals surface area contributed by atoms with Crippen LogP contribution < -0.4 is 0 Å². The molecule has 1 rings (SSSR count). The number of hydrogen-bond donors (Lipinski definition) is 0. The van der Waals surface area contributed by atoms with E-state index in [0.29, 0.717) is 0 Å². The van der Waals surface area contributed by atoms with E-state index >= 15 is 0 Å². The fraction of sp³-hybridized carbons (Fsp3) is 1.00. The molecule has 1 unspecified atom stereocenters. The lowest BCUT2D eigenvalue weighted by atomic mass is 9.62. The maximum Gasteiger partial charge on any atom is -0.0300 e. The van der Waals surface area contributed by atoms with Gasteiger partial charge in [0.25, 0.3) is 0 Å². The van der Waals surface area contributed by atoms with Gasteiger partial charge in [-0.1, -0.05) is 61.3 Å². The summed E-state index contributed by atoms with van der Waals surface area (Å²) in [5.74, 6) is 0.950. The molecule has 0 heteroatoms. The predicted molar refractivity (Wildman–Crippen MR) is 64.1 cm³/mol. The van der Waals surface area contributed by atoms with Gasteiger partial charge in [-0.25, -0.2) is 0 Å². The molecule has 13 heavy (non-hydrogen) atoms. The Morgan fingerprint density at radius 2 is 1.46 bits per heavy atom. The molecule has 82 valence electrons. The summed E-state index contributed by atoms with van der Waals surface area (Å²) in [5, 5.41) is 0. The average Bonchev–Trinajstić information content (AvgIpc) is 2.19. The van der Waals surface area contributed by atoms with Crippen molar-refractivity contribution in [2.24, 2.45) is 11.3 Å². The van der Waals surface area contributed by atoms with Crippen LogP contribution in [-0.2, 0) is 0 Å². The zero-order valence-corrected chi connectivity index (χ0v) is 10.9. The second-order valence-corrected chi connectivity index (χ2v) is 3.82. The van der Waals surface area contributed by atoms with E-state index in [9.17, 15) is 0 Å². The first kappa shape index (κ1) is 15.5. The Hall–Kier alpha value is 0. The van der Waals surface area contributed by atoms with Crippen LogP contribution in [0.3, 0.4) is 0 Å². The first-order chi connectivity index (χ1) is 6.19. The molecule has 0 spiro atoms. The lowest BCUT2D eigenvalue weighted by Crippen LogP contribution is -2.32. The highest BCUT2D eigenvalue weighted by molar-refractivity contribution is 4.86. The highest BCUT2D eigenvalue weighted by Crippen LogP contribution is 2.47. The van der Waals surface area contributed by atoms with E-state index in [4.69, 9.17) is 0 Å². The molecule has 0 radical (unpaired) electrons. The van der Waals surface area contributed by atoms with Gasteiger partial charge in [0, 0.05) is 0 Å². The van der Waals surface area contributed by atoms with E-state index in [1.165, 1.54) is 25.7 Å². The summed E-state index contributed by atoms with van der Waals surface area (Å²) >= 11 is 0. The maximum atomic E-state index is 2.44. The van der Waals surface area contributed by atoms with Crippen LogP contribution in [-0.4, -0.2) is 0 Å². The first-order valence-corrected chi connectivity index (χ1v) is 6.19. The summed E-state index contributed by atoms with van der Waals surface area (Å²) in [6, 6.07) is 0. The fourth-order valence-electron chi connectivity index (χ4n) is 1.72. The van der Waals surface area contributed by atoms with Gasteiger partial charge in [-0.3, -0.25) is 0 Å². The molecule has 0 aliphatic heterocycles. The lowest BCUT2D eigenvalue weighted by molar-refractivity contribution is 0.0798. The van der Waals surface area contributed by atoms with Crippen molar-refractivity contribution < 1.29 is 0 Å². The molecule has 0 saturated heterocycles. The summed E-state index contributed by atoms with van der Waals surface area (Å²) < 4.78 is 0. The Bertz CT molecular complexity index is 90.2. The number of rotatable bonds is 2. The Labute approximate surface area is 86.1 Å². The SMILES string of the molecule is CC.CC.CCC(C)C1(C)CCC1. The van der Waals surface area contributed by atoms with Crippen LogP contribution in [0.2, 0.25) is 0 Å². The molecule has 0 aromatic carbocycles. The largest absolute Gasteiger partial charge is 0.0683 e. The minimum absolute atomic E-state index is 0.731. The van der Waals surface area contributed by atoms with Crippen LogP contribution in [0, 0.1) is 11.3 Å². The third-order valence-corrected chi connectivity index (χ3v) is 3.30. The van der Waals surface area contributed by atoms with E-state index in [2.05, 4.69) is 20.8 Å². The van der Waals surface area contributed by atoms with Crippen molar-refractivity contribution in [2.75, 3.05) is 0 Å². The Morgan fingerprint density at radius 1 is 1.08 bits per heavy atom. The minimum Gasteiger partial charge on any atom is -0.0683 e. The van der Waals surface area contributed by atoms with Gasteiger partial charge < -0.3 is 0 Å². The molecule has 0 nitrogen and oxygen atoms in total. The van der Waals surface area contributed by atoms with Crippen LogP contribution in [0.25, 0.3) is 0 Å². The molecule has 1 atom stereocenters. The van der Waals surface area contributed by atoms with Gasteiger partial charge in [0.2, 0.25) is 0 Å². The van der Waals surface area contributed by atoms with E-state index in [-0.39, 0.29) is 0 Å². The topological polar surface area (TPSA) is 0 Å². The van der Waals surface area contributed by atoms with E-state index < -0.39 is 0 Å². The molecule has 0 amide bonds. The van der Waals surface area contributed by atoms with Gasteiger partial charge in [0.15, 0.2) is 0 Å². The monoisotopic (exact) mass is 186 g/mol. The van der Waals surface area contributed by atoms with Crippen molar-refractivity contribution in [3.8, 4) is 0 Å². The summed E-state index contributed by atoms with van der Waals surface area (Å²) in [7, 11) is 0. The van der Waals surface area contributed by atoms with Crippen molar-refractivity contribution >= 4 is 0 Å². The van der Waals surface area contributed by atoms with E-state index in [0.717, 1.165) is 11.3 Å². The van der Waals surface area contributed by atoms with Gasteiger partial charge in [0.1, 0.15) is 0 Å². The van der Waals surface area contributed by atoms with Crippen molar-refractivity contribution in [3.63, 3.8) is 0 Å². The quantitative estimate of drug-likeness (QED) is 0.551. The molecule has 0 N–H and O–H groups in total. The van der Waals surface area contributed by atoms with Gasteiger partial charge in [-0.05, 0) is 24.2 Å². The molecule has 1 aliphatic carbocycles. The second-order valence-electron chi connectivity index (χ2n) is 3.82. The van der Waals surface area contributed by atoms with Gasteiger partial charge >= 0.3 is 0 Å². The molecule has 0 aromatic rings. The highest BCUT2D eigenvalue weighted by Gasteiger charge is 2.35. The van der Waals surface area contributed by atoms with E-state index in [1.54, 1.807) is 0 Å². The standard InChI is InChI=1S/C9H18.2C2H6/c1-4-8(2)9(3)6-5-7-9;2*1-2/h8H,4-7H2,1-3H3;2*1-2H3. The highest BCUT2D eigenvalue weighted by atomic mass is 14.4.